The van der Waals surface area contributed by atoms with Crippen molar-refractivity contribution in [2.75, 3.05) is 75.6 Å². The van der Waals surface area contributed by atoms with E-state index in [9.17, 15) is 29.1 Å². The summed E-state index contributed by atoms with van der Waals surface area (Å²) in [6.07, 6.45) is 2.18. The standard InChI is InChI=1S/C67H120N12O13/c1-25-27-29-44(15)55(80)54-59(84)70-47(26-2)61(86)78(24)67(92-33-32-79-30-28-31-79)66(91)73(19)49(35-39(5)6)58(83)71-52(42(11)12)64(89)72(18)48(34-38(3)4)57(82)68-45(16)56(81)69-46(17)60(85)74(20)50(36-40(7)8)62(87)75(21)51(37-41(9)10)63(88)76(22)53(43(13)14)65(90)77(54)23/h25,27,38-55,67,80H,26,28-37H2,1-24H3,(H,68,82)(H,69,81)(H,70,84)(H,71,83)/b27-25+/t44-,45+,46-,47+,48+,49+,50+,51+,52+,53+,54+,55-,67-/m1/s1. The van der Waals surface area contributed by atoms with Crippen molar-refractivity contribution in [2.24, 2.45) is 41.4 Å². The number of hydrogen-bond donors (Lipinski definition) is 5. The largest absolute Gasteiger partial charge is 0.390 e. The van der Waals surface area contributed by atoms with Crippen molar-refractivity contribution in [3.8, 4) is 0 Å². The van der Waals surface area contributed by atoms with Crippen LogP contribution in [0.3, 0.4) is 0 Å². The SMILES string of the molecule is C/C=C/C[C@@H](C)[C@@H](O)[C@H]1C(=O)N[C@@H](CC)C(=O)N(C)[C@H](OCCN2CCC2)C(=O)N(C)[C@@H](CC(C)C)C(=O)N[C@@H](C(C)C)C(=O)N(C)[C@@H](CC(C)C)C(=O)N[C@@H](C)C(=O)N[C@H](C)C(=O)N(C)[C@@H](CC(C)C)C(=O)N(C)[C@@H](CC(C)C)C(=O)N(C)[C@@H](C(C)C)C(=O)N1C. The van der Waals surface area contributed by atoms with E-state index in [1.54, 1.807) is 54.5 Å². The van der Waals surface area contributed by atoms with E-state index in [0.29, 0.717) is 13.0 Å². The maximum absolute atomic E-state index is 15.3. The van der Waals surface area contributed by atoms with E-state index in [1.807, 2.05) is 61.5 Å². The highest BCUT2D eigenvalue weighted by atomic mass is 16.5. The second kappa shape index (κ2) is 37.6. The molecule has 2 aliphatic heterocycles. The lowest BCUT2D eigenvalue weighted by molar-refractivity contribution is -0.168. The lowest BCUT2D eigenvalue weighted by Crippen LogP contribution is -2.64. The zero-order valence-electron chi connectivity index (χ0n) is 60.3. The number of carbonyl (C=O) groups is 11. The van der Waals surface area contributed by atoms with Crippen molar-refractivity contribution in [3.05, 3.63) is 12.2 Å². The Balaban J connectivity index is 3.08. The number of carbonyl (C=O) groups excluding carboxylic acids is 11. The van der Waals surface area contributed by atoms with E-state index in [1.165, 1.54) is 87.7 Å². The molecule has 0 bridgehead atoms. The third-order valence-electron chi connectivity index (χ3n) is 17.8. The summed E-state index contributed by atoms with van der Waals surface area (Å²) in [5, 5.41) is 23.4. The minimum atomic E-state index is -1.65. The molecule has 2 heterocycles. The van der Waals surface area contributed by atoms with Gasteiger partial charge in [-0.25, -0.2) is 0 Å². The molecule has 0 radical (unpaired) electrons. The predicted molar refractivity (Wildman–Crippen MR) is 354 cm³/mol. The number of nitrogens with zero attached hydrogens (tertiary/aromatic N) is 8. The summed E-state index contributed by atoms with van der Waals surface area (Å²) in [7, 11) is 9.90. The number of aliphatic hydroxyl groups excluding tert-OH is 1. The molecule has 2 aliphatic rings. The van der Waals surface area contributed by atoms with Gasteiger partial charge in [0.25, 0.3) is 5.91 Å². The van der Waals surface area contributed by atoms with Crippen LogP contribution in [0.25, 0.3) is 0 Å². The van der Waals surface area contributed by atoms with Crippen LogP contribution in [0.5, 0.6) is 0 Å². The monoisotopic (exact) mass is 1300 g/mol. The Kier molecular flexibility index (Phi) is 33.5. The zero-order valence-corrected chi connectivity index (χ0v) is 60.3. The molecule has 0 aromatic carbocycles. The Morgan fingerprint density at radius 3 is 1.36 bits per heavy atom. The fourth-order valence-corrected chi connectivity index (χ4v) is 11.8. The number of nitrogens with one attached hydrogen (secondary N) is 4. The number of allylic oxidation sites excluding steroid dienone is 2. The van der Waals surface area contributed by atoms with Gasteiger partial charge in [-0.3, -0.25) is 52.7 Å². The molecule has 11 amide bonds. The molecule has 13 atom stereocenters. The lowest BCUT2D eigenvalue weighted by atomic mass is 9.91. The number of likely N-dealkylation sites (tertiary alicyclic amines) is 1. The average molecular weight is 1300 g/mol. The second-order valence-electron chi connectivity index (χ2n) is 28.2. The molecule has 0 aliphatic carbocycles. The highest BCUT2D eigenvalue weighted by Crippen LogP contribution is 2.26. The van der Waals surface area contributed by atoms with Crippen LogP contribution < -0.4 is 21.3 Å². The molecule has 2 saturated heterocycles. The smallest absolute Gasteiger partial charge is 0.273 e. The van der Waals surface area contributed by atoms with Crippen LogP contribution in [0.15, 0.2) is 12.2 Å². The van der Waals surface area contributed by atoms with Crippen LogP contribution in [0.1, 0.15) is 163 Å². The molecular formula is C67H120N12O13. The third kappa shape index (κ3) is 22.5. The summed E-state index contributed by atoms with van der Waals surface area (Å²) < 4.78 is 6.33. The third-order valence-corrected chi connectivity index (χ3v) is 17.8. The fourth-order valence-electron chi connectivity index (χ4n) is 11.8. The van der Waals surface area contributed by atoms with Gasteiger partial charge in [-0.15, -0.1) is 0 Å². The molecule has 25 nitrogen and oxygen atoms in total. The van der Waals surface area contributed by atoms with Gasteiger partial charge in [0.2, 0.25) is 65.3 Å². The number of amides is 11. The van der Waals surface area contributed by atoms with Crippen LogP contribution >= 0.6 is 0 Å². The predicted octanol–water partition coefficient (Wildman–Crippen LogP) is 3.32. The molecule has 0 spiro atoms. The minimum Gasteiger partial charge on any atom is -0.390 e. The highest BCUT2D eigenvalue weighted by molar-refractivity contribution is 6.00. The summed E-state index contributed by atoms with van der Waals surface area (Å²) >= 11 is 0. The van der Waals surface area contributed by atoms with E-state index in [-0.39, 0.29) is 62.4 Å². The van der Waals surface area contributed by atoms with Gasteiger partial charge in [-0.2, -0.15) is 0 Å². The Morgan fingerprint density at radius 2 is 0.913 bits per heavy atom. The van der Waals surface area contributed by atoms with Gasteiger partial charge >= 0.3 is 0 Å². The maximum atomic E-state index is 15.3. The van der Waals surface area contributed by atoms with E-state index in [0.717, 1.165) is 29.3 Å². The van der Waals surface area contributed by atoms with Gasteiger partial charge < -0.3 is 70.3 Å². The zero-order chi connectivity index (χ0) is 70.7. The minimum absolute atomic E-state index is 0.00423. The first kappa shape index (κ1) is 81.9. The molecule has 5 N–H and O–H groups in total. The highest BCUT2D eigenvalue weighted by Gasteiger charge is 2.47. The summed E-state index contributed by atoms with van der Waals surface area (Å²) in [5.74, 6) is -10.2. The van der Waals surface area contributed by atoms with E-state index in [2.05, 4.69) is 26.2 Å². The average Bonchev–Trinajstić information content (AvgIpc) is 0.852. The lowest BCUT2D eigenvalue weighted by Gasteiger charge is -2.41. The number of aliphatic hydroxyl groups is 1. The molecule has 2 rings (SSSR count). The molecule has 2 fully saturated rings. The fraction of sp³-hybridized carbons (Fsp3) is 0.806. The molecule has 0 aromatic rings. The molecule has 92 heavy (non-hydrogen) atoms. The van der Waals surface area contributed by atoms with Gasteiger partial charge in [0.15, 0.2) is 0 Å². The number of rotatable bonds is 19. The molecule has 0 unspecified atom stereocenters. The summed E-state index contributed by atoms with van der Waals surface area (Å²) in [4.78, 5) is 174. The maximum Gasteiger partial charge on any atom is 0.273 e. The Morgan fingerprint density at radius 1 is 0.478 bits per heavy atom. The summed E-state index contributed by atoms with van der Waals surface area (Å²) in [6.45, 7) is 31.9. The van der Waals surface area contributed by atoms with Gasteiger partial charge in [0.1, 0.15) is 60.4 Å². The van der Waals surface area contributed by atoms with Gasteiger partial charge in [-0.1, -0.05) is 109 Å². The van der Waals surface area contributed by atoms with Crippen molar-refractivity contribution < 1.29 is 62.6 Å². The van der Waals surface area contributed by atoms with Crippen LogP contribution in [-0.2, 0) is 57.5 Å². The first-order chi connectivity index (χ1) is 42.7. The van der Waals surface area contributed by atoms with Crippen molar-refractivity contribution in [1.82, 2.24) is 60.5 Å². The van der Waals surface area contributed by atoms with Crippen LogP contribution in [-0.4, -0.2) is 258 Å². The molecule has 0 saturated carbocycles. The Hall–Kier alpha value is -6.21. The van der Waals surface area contributed by atoms with Crippen LogP contribution in [0, 0.1) is 41.4 Å². The van der Waals surface area contributed by atoms with Gasteiger partial charge in [0, 0.05) is 55.9 Å². The van der Waals surface area contributed by atoms with Gasteiger partial charge in [0.05, 0.1) is 12.7 Å². The normalized spacial score (nSPS) is 27.5. The Bertz CT molecular complexity index is 2520. The first-order valence-corrected chi connectivity index (χ1v) is 33.4. The van der Waals surface area contributed by atoms with E-state index >= 15 is 28.8 Å². The topological polar surface area (TPSA) is 291 Å². The van der Waals surface area contributed by atoms with Crippen LogP contribution in [0.4, 0.5) is 0 Å². The van der Waals surface area contributed by atoms with E-state index < -0.39 is 155 Å². The van der Waals surface area contributed by atoms with Crippen LogP contribution in [0.2, 0.25) is 0 Å². The first-order valence-electron chi connectivity index (χ1n) is 33.4. The molecule has 526 valence electrons. The Labute approximate surface area is 550 Å². The van der Waals surface area contributed by atoms with Crippen molar-refractivity contribution in [2.45, 2.75) is 235 Å². The summed E-state index contributed by atoms with van der Waals surface area (Å²) in [6, 6.07) is -12.7. The molecular weight excluding hydrogens is 1180 g/mol. The van der Waals surface area contributed by atoms with Gasteiger partial charge in [-0.05, 0) is 120 Å². The van der Waals surface area contributed by atoms with Crippen molar-refractivity contribution >= 4 is 65.0 Å². The molecule has 25 heteroatoms. The van der Waals surface area contributed by atoms with Crippen molar-refractivity contribution in [1.29, 1.82) is 0 Å². The summed E-state index contributed by atoms with van der Waals surface area (Å²) in [5.41, 5.74) is 0. The number of hydrogen-bond acceptors (Lipinski definition) is 14. The number of likely N-dealkylation sites (N-methyl/N-ethyl adjacent to an activating group) is 7. The molecule has 0 aromatic heterocycles. The number of ether oxygens (including phenoxy) is 1. The second-order valence-corrected chi connectivity index (χ2v) is 28.2. The quantitative estimate of drug-likeness (QED) is 0.116. The van der Waals surface area contributed by atoms with E-state index in [4.69, 9.17) is 4.74 Å². The van der Waals surface area contributed by atoms with Crippen molar-refractivity contribution in [3.63, 3.8) is 0 Å².